The van der Waals surface area contributed by atoms with Crippen molar-refractivity contribution in [3.63, 3.8) is 0 Å². The van der Waals surface area contributed by atoms with E-state index in [0.29, 0.717) is 11.5 Å². The van der Waals surface area contributed by atoms with Gasteiger partial charge in [0, 0.05) is 32.7 Å². The van der Waals surface area contributed by atoms with Gasteiger partial charge in [-0.25, -0.2) is 9.37 Å². The van der Waals surface area contributed by atoms with Crippen LogP contribution in [0.1, 0.15) is 16.5 Å². The number of thiazole rings is 1. The average Bonchev–Trinajstić information content (AvgIpc) is 3.22. The number of aliphatic hydroxyl groups excluding tert-OH is 1. The third-order valence-corrected chi connectivity index (χ3v) is 5.85. The monoisotopic (exact) mass is 377 g/mol. The lowest BCUT2D eigenvalue weighted by molar-refractivity contribution is 0.0945. The van der Waals surface area contributed by atoms with Crippen LogP contribution in [-0.4, -0.2) is 73.9 Å². The Kier molecular flexibility index (Phi) is 4.86. The Balaban J connectivity index is 1.69. The zero-order valence-corrected chi connectivity index (χ0v) is 14.9. The molecule has 0 bridgehead atoms. The molecule has 9 heteroatoms. The van der Waals surface area contributed by atoms with Crippen LogP contribution in [0.4, 0.5) is 4.39 Å². The molecule has 4 rings (SSSR count). The van der Waals surface area contributed by atoms with E-state index in [1.165, 1.54) is 34.3 Å². The standard InChI is InChI=1S/C17H20FN5O2S/c18-13-3-1-12(2-4-13)14(22-7-5-21(6-8-22)9-10-24)15-16(25)23-17(26-15)19-11-20-23/h1-4,11,14,24-25H,5-10H2. The minimum Gasteiger partial charge on any atom is -0.492 e. The summed E-state index contributed by atoms with van der Waals surface area (Å²) in [6.45, 7) is 4.05. The molecule has 7 nitrogen and oxygen atoms in total. The van der Waals surface area contributed by atoms with Crippen LogP contribution in [0.2, 0.25) is 0 Å². The van der Waals surface area contributed by atoms with Gasteiger partial charge in [-0.05, 0) is 17.7 Å². The smallest absolute Gasteiger partial charge is 0.230 e. The molecule has 0 aliphatic carbocycles. The maximum absolute atomic E-state index is 13.4. The summed E-state index contributed by atoms with van der Waals surface area (Å²) >= 11 is 1.39. The first-order valence-corrected chi connectivity index (χ1v) is 9.33. The van der Waals surface area contributed by atoms with E-state index in [1.807, 2.05) is 0 Å². The van der Waals surface area contributed by atoms with Crippen LogP contribution in [0.3, 0.4) is 0 Å². The van der Waals surface area contributed by atoms with Crippen molar-refractivity contribution >= 4 is 16.3 Å². The minimum absolute atomic E-state index is 0.0783. The van der Waals surface area contributed by atoms with Crippen molar-refractivity contribution in [2.75, 3.05) is 39.3 Å². The number of piperazine rings is 1. The molecule has 1 atom stereocenters. The summed E-state index contributed by atoms with van der Waals surface area (Å²) in [6, 6.07) is 6.21. The predicted molar refractivity (Wildman–Crippen MR) is 95.9 cm³/mol. The van der Waals surface area contributed by atoms with Crippen LogP contribution in [0, 0.1) is 5.82 Å². The molecule has 1 aliphatic rings. The van der Waals surface area contributed by atoms with Crippen molar-refractivity contribution in [3.05, 3.63) is 46.9 Å². The molecule has 26 heavy (non-hydrogen) atoms. The molecule has 0 saturated carbocycles. The van der Waals surface area contributed by atoms with Crippen molar-refractivity contribution in [2.24, 2.45) is 0 Å². The fourth-order valence-corrected chi connectivity index (χ4v) is 4.52. The lowest BCUT2D eigenvalue weighted by Gasteiger charge is -2.39. The number of nitrogens with zero attached hydrogens (tertiary/aromatic N) is 5. The molecular weight excluding hydrogens is 357 g/mol. The summed E-state index contributed by atoms with van der Waals surface area (Å²) < 4.78 is 14.8. The second-order valence-electron chi connectivity index (χ2n) is 6.30. The van der Waals surface area contributed by atoms with E-state index < -0.39 is 0 Å². The lowest BCUT2D eigenvalue weighted by atomic mass is 10.0. The topological polar surface area (TPSA) is 77.1 Å². The average molecular weight is 377 g/mol. The van der Waals surface area contributed by atoms with Crippen LogP contribution in [0.25, 0.3) is 4.96 Å². The first-order valence-electron chi connectivity index (χ1n) is 8.51. The van der Waals surface area contributed by atoms with E-state index in [0.717, 1.165) is 36.6 Å². The zero-order valence-electron chi connectivity index (χ0n) is 14.1. The number of aliphatic hydroxyl groups is 1. The number of hydrogen-bond acceptors (Lipinski definition) is 7. The molecule has 1 fully saturated rings. The van der Waals surface area contributed by atoms with Crippen molar-refractivity contribution in [1.29, 1.82) is 0 Å². The summed E-state index contributed by atoms with van der Waals surface area (Å²) in [5.41, 5.74) is 0.918. The molecule has 0 radical (unpaired) electrons. The van der Waals surface area contributed by atoms with E-state index in [2.05, 4.69) is 19.9 Å². The van der Waals surface area contributed by atoms with Gasteiger partial charge in [0.1, 0.15) is 12.1 Å². The molecule has 3 aromatic rings. The van der Waals surface area contributed by atoms with E-state index in [9.17, 15) is 9.50 Å². The molecule has 0 spiro atoms. The van der Waals surface area contributed by atoms with Crippen molar-refractivity contribution in [3.8, 4) is 5.88 Å². The quantitative estimate of drug-likeness (QED) is 0.699. The predicted octanol–water partition coefficient (Wildman–Crippen LogP) is 1.33. The van der Waals surface area contributed by atoms with Crippen molar-refractivity contribution in [2.45, 2.75) is 6.04 Å². The van der Waals surface area contributed by atoms with Crippen LogP contribution in [0.15, 0.2) is 30.6 Å². The molecule has 2 N–H and O–H groups in total. The number of aromatic hydroxyl groups is 1. The van der Waals surface area contributed by atoms with Crippen LogP contribution in [0.5, 0.6) is 5.88 Å². The Labute approximate surface area is 153 Å². The van der Waals surface area contributed by atoms with E-state index in [1.54, 1.807) is 12.1 Å². The summed E-state index contributed by atoms with van der Waals surface area (Å²) in [4.78, 5) is 10.0. The Bertz CT molecular complexity index is 873. The maximum Gasteiger partial charge on any atom is 0.230 e. The molecule has 1 unspecified atom stereocenters. The number of halogens is 1. The van der Waals surface area contributed by atoms with Crippen LogP contribution < -0.4 is 0 Å². The fraction of sp³-hybridized carbons (Fsp3) is 0.412. The van der Waals surface area contributed by atoms with Gasteiger partial charge in [-0.2, -0.15) is 9.61 Å². The molecule has 0 amide bonds. The third-order valence-electron chi connectivity index (χ3n) is 4.76. The van der Waals surface area contributed by atoms with Gasteiger partial charge in [-0.1, -0.05) is 23.5 Å². The molecular formula is C17H20FN5O2S. The zero-order chi connectivity index (χ0) is 18.1. The second kappa shape index (κ2) is 7.28. The molecule has 1 saturated heterocycles. The van der Waals surface area contributed by atoms with Crippen molar-refractivity contribution in [1.82, 2.24) is 24.4 Å². The Hall–Kier alpha value is -2.07. The van der Waals surface area contributed by atoms with E-state index >= 15 is 0 Å². The normalized spacial score (nSPS) is 17.8. The Morgan fingerprint density at radius 1 is 1.15 bits per heavy atom. The van der Waals surface area contributed by atoms with Gasteiger partial charge in [-0.3, -0.25) is 9.80 Å². The summed E-state index contributed by atoms with van der Waals surface area (Å²) in [7, 11) is 0. The number of rotatable bonds is 5. The first-order chi connectivity index (χ1) is 12.7. The summed E-state index contributed by atoms with van der Waals surface area (Å²) in [6.07, 6.45) is 1.41. The van der Waals surface area contributed by atoms with Gasteiger partial charge in [0.15, 0.2) is 0 Å². The summed E-state index contributed by atoms with van der Waals surface area (Å²) in [5.74, 6) is -0.207. The maximum atomic E-state index is 13.4. The van der Waals surface area contributed by atoms with Gasteiger partial charge in [0.25, 0.3) is 0 Å². The minimum atomic E-state index is -0.285. The van der Waals surface area contributed by atoms with Crippen molar-refractivity contribution < 1.29 is 14.6 Å². The summed E-state index contributed by atoms with van der Waals surface area (Å²) in [5, 5.41) is 23.9. The highest BCUT2D eigenvalue weighted by molar-refractivity contribution is 7.17. The Morgan fingerprint density at radius 2 is 1.88 bits per heavy atom. The number of hydrogen-bond donors (Lipinski definition) is 2. The highest BCUT2D eigenvalue weighted by Crippen LogP contribution is 2.39. The third kappa shape index (κ3) is 3.18. The number of benzene rings is 1. The van der Waals surface area contributed by atoms with Gasteiger partial charge in [0.05, 0.1) is 17.5 Å². The van der Waals surface area contributed by atoms with E-state index in [4.69, 9.17) is 5.11 Å². The lowest BCUT2D eigenvalue weighted by Crippen LogP contribution is -2.48. The molecule has 3 heterocycles. The number of fused-ring (bicyclic) bond motifs is 1. The highest BCUT2D eigenvalue weighted by atomic mass is 32.1. The molecule has 1 aliphatic heterocycles. The largest absolute Gasteiger partial charge is 0.492 e. The number of aromatic nitrogens is 3. The first kappa shape index (κ1) is 17.3. The Morgan fingerprint density at radius 3 is 2.54 bits per heavy atom. The number of β-amino-alcohol motifs (C(OH)–C–C–N with tert-alkyl or cyclic N) is 1. The SMILES string of the molecule is OCCN1CCN(C(c2ccc(F)cc2)c2sc3ncnn3c2O)CC1. The highest BCUT2D eigenvalue weighted by Gasteiger charge is 2.31. The van der Waals surface area contributed by atoms with Crippen LogP contribution in [-0.2, 0) is 0 Å². The van der Waals surface area contributed by atoms with E-state index in [-0.39, 0.29) is 24.3 Å². The van der Waals surface area contributed by atoms with Gasteiger partial charge in [-0.15, -0.1) is 0 Å². The molecule has 2 aromatic heterocycles. The van der Waals surface area contributed by atoms with Gasteiger partial charge >= 0.3 is 0 Å². The van der Waals surface area contributed by atoms with Gasteiger partial charge in [0.2, 0.25) is 10.8 Å². The fourth-order valence-electron chi connectivity index (χ4n) is 3.43. The van der Waals surface area contributed by atoms with Crippen LogP contribution >= 0.6 is 11.3 Å². The molecule has 138 valence electrons. The van der Waals surface area contributed by atoms with Gasteiger partial charge < -0.3 is 10.2 Å². The molecule has 1 aromatic carbocycles. The second-order valence-corrected chi connectivity index (χ2v) is 7.31.